The number of rotatable bonds is 4. The van der Waals surface area contributed by atoms with Crippen LogP contribution in [-0.2, 0) is 4.74 Å². The molecular weight excluding hydrogens is 314 g/mol. The van der Waals surface area contributed by atoms with Gasteiger partial charge in [0.1, 0.15) is 12.4 Å². The number of halogens is 4. The van der Waals surface area contributed by atoms with Gasteiger partial charge in [0, 0.05) is 6.07 Å². The van der Waals surface area contributed by atoms with Gasteiger partial charge in [0.15, 0.2) is 0 Å². The van der Waals surface area contributed by atoms with E-state index in [-0.39, 0.29) is 75.4 Å². The number of ether oxygens (including phenoxy) is 2. The zero-order valence-corrected chi connectivity index (χ0v) is 15.5. The van der Waals surface area contributed by atoms with E-state index in [1.165, 1.54) is 0 Å². The molecule has 0 spiro atoms. The van der Waals surface area contributed by atoms with Crippen molar-refractivity contribution < 1.29 is 78.2 Å². The van der Waals surface area contributed by atoms with Crippen molar-refractivity contribution in [1.82, 2.24) is 0 Å². The Balaban J connectivity index is 0.00000220. The predicted molar refractivity (Wildman–Crippen MR) is 68.8 cm³/mol. The Morgan fingerprint density at radius 2 is 2.00 bits per heavy atom. The van der Waals surface area contributed by atoms with Gasteiger partial charge in [-0.2, -0.15) is 0 Å². The summed E-state index contributed by atoms with van der Waals surface area (Å²) >= 11 is 0. The largest absolute Gasteiger partial charge is 1.00 e. The van der Waals surface area contributed by atoms with E-state index in [4.69, 9.17) is 9.47 Å². The average Bonchev–Trinajstić information content (AvgIpc) is 2.65. The van der Waals surface area contributed by atoms with Crippen LogP contribution >= 0.6 is 0 Å². The van der Waals surface area contributed by atoms with Gasteiger partial charge in [-0.05, 0) is 32.8 Å². The van der Waals surface area contributed by atoms with Crippen molar-refractivity contribution in [2.45, 2.75) is 38.4 Å². The van der Waals surface area contributed by atoms with Crippen LogP contribution in [0.4, 0.5) is 17.3 Å². The molecule has 8 heteroatoms. The van der Waals surface area contributed by atoms with Crippen LogP contribution < -0.4 is 61.6 Å². The molecule has 0 N–H and O–H groups in total. The average molecular weight is 330 g/mol. The van der Waals surface area contributed by atoms with E-state index in [0.29, 0.717) is 6.07 Å². The molecule has 2 rings (SSSR count). The zero-order valence-electron chi connectivity index (χ0n) is 12.3. The maximum absolute atomic E-state index is 13.4. The van der Waals surface area contributed by atoms with Crippen LogP contribution in [0.3, 0.4) is 0 Å². The molecule has 112 valence electrons. The van der Waals surface area contributed by atoms with Crippen molar-refractivity contribution in [3.05, 3.63) is 24.0 Å². The third-order valence-electron chi connectivity index (χ3n) is 3.31. The number of benzene rings is 1. The summed E-state index contributed by atoms with van der Waals surface area (Å²) in [6.07, 6.45) is 1.60. The first-order valence-corrected chi connectivity index (χ1v) is 6.47. The second-order valence-electron chi connectivity index (χ2n) is 5.61. The van der Waals surface area contributed by atoms with Gasteiger partial charge in [-0.3, -0.25) is 0 Å². The van der Waals surface area contributed by atoms with Crippen LogP contribution in [0.25, 0.3) is 0 Å². The fourth-order valence-electron chi connectivity index (χ4n) is 2.25. The second kappa shape index (κ2) is 7.31. The van der Waals surface area contributed by atoms with Gasteiger partial charge in [-0.25, -0.2) is 4.39 Å². The van der Waals surface area contributed by atoms with Crippen molar-refractivity contribution in [3.8, 4) is 5.75 Å². The molecular formula is C13H16BF4KO2. The second-order valence-corrected chi connectivity index (χ2v) is 5.61. The Labute approximate surface area is 164 Å². The van der Waals surface area contributed by atoms with Crippen molar-refractivity contribution in [2.75, 3.05) is 6.61 Å². The fraction of sp³-hybridized carbons (Fsp3) is 0.538. The van der Waals surface area contributed by atoms with E-state index in [1.54, 1.807) is 0 Å². The molecule has 1 aromatic rings. The summed E-state index contributed by atoms with van der Waals surface area (Å²) in [7, 11) is 0. The summed E-state index contributed by atoms with van der Waals surface area (Å²) in [4.78, 5) is 0. The van der Waals surface area contributed by atoms with Crippen LogP contribution in [0.15, 0.2) is 18.2 Å². The Morgan fingerprint density at radius 1 is 1.33 bits per heavy atom. The van der Waals surface area contributed by atoms with Gasteiger partial charge in [0.2, 0.25) is 0 Å². The molecule has 2 nitrogen and oxygen atoms in total. The maximum Gasteiger partial charge on any atom is 1.00 e. The van der Waals surface area contributed by atoms with E-state index < -0.39 is 18.3 Å². The first kappa shape index (κ1) is 19.4. The minimum Gasteiger partial charge on any atom is -0.491 e. The summed E-state index contributed by atoms with van der Waals surface area (Å²) in [5.74, 6) is -1.22. The molecule has 0 aliphatic carbocycles. The summed E-state index contributed by atoms with van der Waals surface area (Å²) in [5.41, 5.74) is -1.43. The molecule has 0 radical (unpaired) electrons. The maximum atomic E-state index is 13.4. The Morgan fingerprint density at radius 3 is 2.48 bits per heavy atom. The molecule has 0 bridgehead atoms. The van der Waals surface area contributed by atoms with Crippen LogP contribution in [0.1, 0.15) is 26.7 Å². The summed E-state index contributed by atoms with van der Waals surface area (Å²) in [6.45, 7) is -1.20. The van der Waals surface area contributed by atoms with Crippen molar-refractivity contribution in [1.29, 1.82) is 0 Å². The zero-order chi connectivity index (χ0) is 15.0. The third-order valence-corrected chi connectivity index (χ3v) is 3.31. The molecule has 1 saturated heterocycles. The van der Waals surface area contributed by atoms with Gasteiger partial charge in [-0.15, -0.1) is 0 Å². The molecule has 1 unspecified atom stereocenters. The number of hydrogen-bond donors (Lipinski definition) is 0. The van der Waals surface area contributed by atoms with Crippen molar-refractivity contribution in [2.24, 2.45) is 0 Å². The van der Waals surface area contributed by atoms with Crippen LogP contribution in [0, 0.1) is 5.82 Å². The molecule has 1 atom stereocenters. The molecule has 1 aromatic carbocycles. The fourth-order valence-corrected chi connectivity index (χ4v) is 2.25. The molecule has 21 heavy (non-hydrogen) atoms. The van der Waals surface area contributed by atoms with Gasteiger partial charge in [0.25, 0.3) is 0 Å². The van der Waals surface area contributed by atoms with Gasteiger partial charge >= 0.3 is 58.4 Å². The Bertz CT molecular complexity index is 494. The van der Waals surface area contributed by atoms with E-state index in [9.17, 15) is 17.3 Å². The van der Waals surface area contributed by atoms with E-state index >= 15 is 0 Å². The van der Waals surface area contributed by atoms with Crippen LogP contribution in [0.2, 0.25) is 0 Å². The van der Waals surface area contributed by atoms with Crippen LogP contribution in [0.5, 0.6) is 5.75 Å². The molecule has 1 aliphatic rings. The molecule has 0 saturated carbocycles. The van der Waals surface area contributed by atoms with Gasteiger partial charge < -0.3 is 22.4 Å². The Kier molecular flexibility index (Phi) is 6.77. The topological polar surface area (TPSA) is 18.5 Å². The third kappa shape index (κ3) is 5.51. The van der Waals surface area contributed by atoms with E-state index in [0.717, 1.165) is 25.0 Å². The standard InChI is InChI=1S/C13H16BF4O2.K/c1-13(2)6-5-10(20-13)8-19-9-3-4-11(12(15)7-9)14(16,17)18;/h3-4,7,10H,5-6,8H2,1-2H3;/q-1;+1. The van der Waals surface area contributed by atoms with Gasteiger partial charge in [-0.1, -0.05) is 11.5 Å². The van der Waals surface area contributed by atoms with Crippen molar-refractivity contribution in [3.63, 3.8) is 0 Å². The Hall–Kier alpha value is 0.401. The number of hydrogen-bond acceptors (Lipinski definition) is 2. The van der Waals surface area contributed by atoms with Crippen molar-refractivity contribution >= 4 is 12.4 Å². The smallest absolute Gasteiger partial charge is 0.491 e. The molecule has 0 aromatic heterocycles. The normalized spacial score (nSPS) is 21.0. The minimum absolute atomic E-state index is 0. The molecule has 1 heterocycles. The monoisotopic (exact) mass is 330 g/mol. The summed E-state index contributed by atoms with van der Waals surface area (Å²) in [6, 6.07) is 2.61. The molecule has 0 amide bonds. The first-order valence-electron chi connectivity index (χ1n) is 6.47. The predicted octanol–water partition coefficient (Wildman–Crippen LogP) is 0.220. The van der Waals surface area contributed by atoms with Crippen LogP contribution in [-0.4, -0.2) is 25.3 Å². The molecule has 1 fully saturated rings. The minimum atomic E-state index is -5.34. The van der Waals surface area contributed by atoms with E-state index in [1.807, 2.05) is 13.8 Å². The van der Waals surface area contributed by atoms with E-state index in [2.05, 4.69) is 0 Å². The first-order chi connectivity index (χ1) is 9.17. The summed E-state index contributed by atoms with van der Waals surface area (Å²) in [5, 5.41) is 0. The van der Waals surface area contributed by atoms with Gasteiger partial charge in [0.05, 0.1) is 17.5 Å². The quantitative estimate of drug-likeness (QED) is 0.581. The summed E-state index contributed by atoms with van der Waals surface area (Å²) < 4.78 is 61.7. The molecule has 1 aliphatic heterocycles. The SMILES string of the molecule is CC1(C)CCC(COc2ccc([B-](F)(F)F)c(F)c2)O1.[K+].